The number of amides is 1. The van der Waals surface area contributed by atoms with Gasteiger partial charge in [0, 0.05) is 16.7 Å². The normalized spacial score (nSPS) is 10.9. The van der Waals surface area contributed by atoms with Gasteiger partial charge in [0.1, 0.15) is 0 Å². The van der Waals surface area contributed by atoms with Gasteiger partial charge in [0.25, 0.3) is 0 Å². The molecule has 3 aromatic carbocycles. The number of anilines is 1. The molecule has 1 N–H and O–H groups in total. The van der Waals surface area contributed by atoms with E-state index in [4.69, 9.17) is 0 Å². The second-order valence-corrected chi connectivity index (χ2v) is 7.44. The first-order valence-electron chi connectivity index (χ1n) is 9.37. The molecule has 0 atom stereocenters. The highest BCUT2D eigenvalue weighted by Gasteiger charge is 2.08. The van der Waals surface area contributed by atoms with Crippen LogP contribution in [0.5, 0.6) is 0 Å². The molecule has 148 valence electrons. The second kappa shape index (κ2) is 9.67. The number of hydrogen-bond donors (Lipinski definition) is 1. The lowest BCUT2D eigenvalue weighted by Gasteiger charge is -2.06. The maximum Gasteiger partial charge on any atom is 0.248 e. The number of carbonyl (C=O) groups is 1. The number of benzene rings is 3. The quantitative estimate of drug-likeness (QED) is 0.354. The maximum absolute atomic E-state index is 12.1. The lowest BCUT2D eigenvalue weighted by molar-refractivity contribution is -0.111. The van der Waals surface area contributed by atoms with E-state index in [1.807, 2.05) is 84.9 Å². The molecule has 1 amide bonds. The fraction of sp³-hybridized carbons (Fsp3) is 0.0435. The molecule has 0 aliphatic rings. The van der Waals surface area contributed by atoms with Gasteiger partial charge in [-0.3, -0.25) is 4.79 Å². The Hall–Kier alpha value is -3.71. The van der Waals surface area contributed by atoms with E-state index in [-0.39, 0.29) is 5.91 Å². The summed E-state index contributed by atoms with van der Waals surface area (Å²) in [7, 11) is 0. The predicted octanol–water partition coefficient (Wildman–Crippen LogP) is 4.61. The van der Waals surface area contributed by atoms with Gasteiger partial charge in [-0.25, -0.2) is 0 Å². The Balaban J connectivity index is 1.33. The van der Waals surface area contributed by atoms with Crippen molar-refractivity contribution in [2.45, 2.75) is 10.6 Å². The molecule has 0 fully saturated rings. The molecular formula is C23H19N5OS. The molecule has 0 aliphatic heterocycles. The Morgan fingerprint density at radius 2 is 1.63 bits per heavy atom. The van der Waals surface area contributed by atoms with E-state index >= 15 is 0 Å². The van der Waals surface area contributed by atoms with Crippen LogP contribution in [0.1, 0.15) is 11.4 Å². The lowest BCUT2D eigenvalue weighted by atomic mass is 10.2. The van der Waals surface area contributed by atoms with Gasteiger partial charge in [0.15, 0.2) is 5.82 Å². The van der Waals surface area contributed by atoms with Gasteiger partial charge in [-0.1, -0.05) is 48.5 Å². The average molecular weight is 414 g/mol. The van der Waals surface area contributed by atoms with Crippen LogP contribution in [0.2, 0.25) is 0 Å². The average Bonchev–Trinajstić information content (AvgIpc) is 3.27. The van der Waals surface area contributed by atoms with Crippen LogP contribution < -0.4 is 5.32 Å². The van der Waals surface area contributed by atoms with Crippen LogP contribution in [0, 0.1) is 0 Å². The molecule has 4 aromatic rings. The van der Waals surface area contributed by atoms with E-state index in [0.717, 1.165) is 27.7 Å². The van der Waals surface area contributed by atoms with E-state index in [1.165, 1.54) is 6.08 Å². The van der Waals surface area contributed by atoms with E-state index in [9.17, 15) is 4.79 Å². The third kappa shape index (κ3) is 5.21. The number of aromatic nitrogens is 4. The Morgan fingerprint density at radius 3 is 2.37 bits per heavy atom. The van der Waals surface area contributed by atoms with Crippen LogP contribution >= 0.6 is 11.8 Å². The Labute approximate surface area is 178 Å². The number of carbonyl (C=O) groups excluding carboxylic acids is 1. The fourth-order valence-corrected chi connectivity index (χ4v) is 3.57. The smallest absolute Gasteiger partial charge is 0.248 e. The molecule has 4 rings (SSSR count). The summed E-state index contributed by atoms with van der Waals surface area (Å²) in [6.45, 7) is 0. The predicted molar refractivity (Wildman–Crippen MR) is 119 cm³/mol. The van der Waals surface area contributed by atoms with Crippen molar-refractivity contribution in [3.8, 4) is 5.69 Å². The van der Waals surface area contributed by atoms with Crippen molar-refractivity contribution in [1.82, 2.24) is 20.2 Å². The molecule has 30 heavy (non-hydrogen) atoms. The van der Waals surface area contributed by atoms with Crippen molar-refractivity contribution in [3.05, 3.63) is 102 Å². The van der Waals surface area contributed by atoms with Crippen LogP contribution in [0.25, 0.3) is 11.8 Å². The summed E-state index contributed by atoms with van der Waals surface area (Å²) in [5, 5.41) is 14.9. The van der Waals surface area contributed by atoms with Crippen molar-refractivity contribution in [3.63, 3.8) is 0 Å². The highest BCUT2D eigenvalue weighted by atomic mass is 32.2. The molecule has 0 saturated heterocycles. The number of thioether (sulfide) groups is 1. The Kier molecular flexibility index (Phi) is 6.31. The minimum absolute atomic E-state index is 0.165. The van der Waals surface area contributed by atoms with Gasteiger partial charge in [-0.05, 0) is 58.5 Å². The zero-order valence-corrected chi connectivity index (χ0v) is 16.9. The van der Waals surface area contributed by atoms with Crippen LogP contribution in [0.15, 0.2) is 95.9 Å². The largest absolute Gasteiger partial charge is 0.323 e. The summed E-state index contributed by atoms with van der Waals surface area (Å²) in [6, 6.07) is 27.2. The lowest BCUT2D eigenvalue weighted by Crippen LogP contribution is -2.07. The van der Waals surface area contributed by atoms with Gasteiger partial charge >= 0.3 is 0 Å². The third-order valence-electron chi connectivity index (χ3n) is 4.25. The number of para-hydroxylation sites is 1. The maximum atomic E-state index is 12.1. The second-order valence-electron chi connectivity index (χ2n) is 6.39. The molecule has 1 aromatic heterocycles. The number of hydrogen-bond acceptors (Lipinski definition) is 5. The van der Waals surface area contributed by atoms with Crippen molar-refractivity contribution in [2.24, 2.45) is 0 Å². The molecule has 0 saturated carbocycles. The molecule has 0 unspecified atom stereocenters. The van der Waals surface area contributed by atoms with E-state index in [0.29, 0.717) is 5.75 Å². The minimum atomic E-state index is -0.165. The van der Waals surface area contributed by atoms with Crippen molar-refractivity contribution in [2.75, 3.05) is 5.32 Å². The van der Waals surface area contributed by atoms with E-state index < -0.39 is 0 Å². The van der Waals surface area contributed by atoms with Crippen LogP contribution in [-0.2, 0) is 10.5 Å². The molecule has 0 spiro atoms. The van der Waals surface area contributed by atoms with Crippen LogP contribution in [-0.4, -0.2) is 26.1 Å². The highest BCUT2D eigenvalue weighted by Crippen LogP contribution is 2.24. The third-order valence-corrected chi connectivity index (χ3v) is 5.26. The zero-order valence-electron chi connectivity index (χ0n) is 16.1. The Morgan fingerprint density at radius 1 is 0.933 bits per heavy atom. The van der Waals surface area contributed by atoms with Gasteiger partial charge in [-0.2, -0.15) is 4.68 Å². The number of nitrogens with zero attached hydrogens (tertiary/aromatic N) is 4. The van der Waals surface area contributed by atoms with E-state index in [2.05, 4.69) is 20.8 Å². The molecule has 0 bridgehead atoms. The number of nitrogens with one attached hydrogen (secondary N) is 1. The highest BCUT2D eigenvalue weighted by molar-refractivity contribution is 7.98. The fourth-order valence-electron chi connectivity index (χ4n) is 2.77. The summed E-state index contributed by atoms with van der Waals surface area (Å²) < 4.78 is 1.74. The number of rotatable bonds is 7. The topological polar surface area (TPSA) is 72.7 Å². The van der Waals surface area contributed by atoms with Crippen LogP contribution in [0.4, 0.5) is 5.69 Å². The first kappa shape index (κ1) is 19.6. The number of tetrazole rings is 1. The minimum Gasteiger partial charge on any atom is -0.323 e. The van der Waals surface area contributed by atoms with Gasteiger partial charge < -0.3 is 5.32 Å². The van der Waals surface area contributed by atoms with Gasteiger partial charge in [0.05, 0.1) is 11.4 Å². The zero-order chi connectivity index (χ0) is 20.6. The first-order chi connectivity index (χ1) is 14.8. The molecule has 1 heterocycles. The van der Waals surface area contributed by atoms with Crippen molar-refractivity contribution < 1.29 is 4.79 Å². The molecule has 7 heteroatoms. The van der Waals surface area contributed by atoms with E-state index in [1.54, 1.807) is 22.5 Å². The van der Waals surface area contributed by atoms with Crippen molar-refractivity contribution in [1.29, 1.82) is 0 Å². The van der Waals surface area contributed by atoms with Gasteiger partial charge in [0.2, 0.25) is 5.91 Å². The molecule has 0 aliphatic carbocycles. The standard InChI is InChI=1S/C23H19N5OS/c29-23(16-11-18-7-3-1-4-8-18)24-19-12-14-21(15-13-19)30-17-22-25-26-27-28(22)20-9-5-2-6-10-20/h1-16H,17H2,(H,24,29)/b16-11+. The van der Waals surface area contributed by atoms with Crippen molar-refractivity contribution >= 4 is 29.4 Å². The Bertz CT molecular complexity index is 1130. The van der Waals surface area contributed by atoms with Crippen LogP contribution in [0.3, 0.4) is 0 Å². The summed E-state index contributed by atoms with van der Waals surface area (Å²) >= 11 is 1.63. The summed E-state index contributed by atoms with van der Waals surface area (Å²) in [5.74, 6) is 1.24. The molecular weight excluding hydrogens is 394 g/mol. The summed E-state index contributed by atoms with van der Waals surface area (Å²) in [4.78, 5) is 13.2. The SMILES string of the molecule is O=C(/C=C/c1ccccc1)Nc1ccc(SCc2nnnn2-c2ccccc2)cc1. The molecule has 6 nitrogen and oxygen atoms in total. The van der Waals surface area contributed by atoms with Gasteiger partial charge in [-0.15, -0.1) is 16.9 Å². The first-order valence-corrected chi connectivity index (χ1v) is 10.4. The summed E-state index contributed by atoms with van der Waals surface area (Å²) in [6.07, 6.45) is 3.32. The molecule has 0 radical (unpaired) electrons. The summed E-state index contributed by atoms with van der Waals surface area (Å²) in [5.41, 5.74) is 2.66. The monoisotopic (exact) mass is 413 g/mol.